The molecule has 0 saturated carbocycles. The fraction of sp³-hybridized carbons (Fsp3) is 0.750. The van der Waals surface area contributed by atoms with Crippen LogP contribution in [0.5, 0.6) is 0 Å². The summed E-state index contributed by atoms with van der Waals surface area (Å²) in [6, 6.07) is -0.193. The highest BCUT2D eigenvalue weighted by atomic mass is 32.2. The van der Waals surface area contributed by atoms with Gasteiger partial charge in [-0.3, -0.25) is 4.79 Å². The summed E-state index contributed by atoms with van der Waals surface area (Å²) in [4.78, 5) is 11.1. The maximum atomic E-state index is 11.2. The summed E-state index contributed by atoms with van der Waals surface area (Å²) in [5.41, 5.74) is -0.608. The van der Waals surface area contributed by atoms with Gasteiger partial charge in [0, 0.05) is 6.04 Å². The van der Waals surface area contributed by atoms with Gasteiger partial charge in [0.15, 0.2) is 0 Å². The summed E-state index contributed by atoms with van der Waals surface area (Å²) in [6.07, 6.45) is 1.82. The minimum Gasteiger partial charge on any atom is -0.748 e. The summed E-state index contributed by atoms with van der Waals surface area (Å²) in [5.74, 6) is -0.306. The monoisotopic (exact) mass is 294 g/mol. The smallest absolute Gasteiger partial charge is 0.243 e. The highest BCUT2D eigenvalue weighted by Gasteiger charge is 2.30. The summed E-state index contributed by atoms with van der Waals surface area (Å²) < 4.78 is 33.6. The molecule has 0 radical (unpaired) electrons. The van der Waals surface area contributed by atoms with Gasteiger partial charge in [-0.2, -0.15) is 0 Å². The molecular formula is C12H26N2O4S. The van der Waals surface area contributed by atoms with Crippen LogP contribution in [0.4, 0.5) is 0 Å². The van der Waals surface area contributed by atoms with Crippen LogP contribution < -0.4 is 11.5 Å². The van der Waals surface area contributed by atoms with E-state index in [9.17, 15) is 17.8 Å². The molecular weight excluding hydrogens is 268 g/mol. The second kappa shape index (κ2) is 7.62. The van der Waals surface area contributed by atoms with E-state index in [1.807, 2.05) is 0 Å². The normalized spacial score (nSPS) is 15.0. The number of rotatable bonds is 6. The molecule has 0 aromatic carbocycles. The predicted molar refractivity (Wildman–Crippen MR) is 76.0 cm³/mol. The van der Waals surface area contributed by atoms with Crippen molar-refractivity contribution in [3.05, 3.63) is 12.7 Å². The van der Waals surface area contributed by atoms with Gasteiger partial charge in [-0.1, -0.05) is 27.4 Å². The first-order valence-electron chi connectivity index (χ1n) is 5.86. The summed E-state index contributed by atoms with van der Waals surface area (Å²) in [5, 5.41) is 1.68. The van der Waals surface area contributed by atoms with Gasteiger partial charge in [-0.15, -0.1) is 0 Å². The zero-order valence-electron chi connectivity index (χ0n) is 12.4. The van der Waals surface area contributed by atoms with Crippen LogP contribution in [0.1, 0.15) is 40.5 Å². The quantitative estimate of drug-likeness (QED) is 0.572. The van der Waals surface area contributed by atoms with Crippen molar-refractivity contribution in [3.8, 4) is 0 Å². The van der Waals surface area contributed by atoms with Crippen molar-refractivity contribution in [1.29, 1.82) is 0 Å². The van der Waals surface area contributed by atoms with Gasteiger partial charge in [-0.25, -0.2) is 8.42 Å². The molecule has 0 rings (SSSR count). The molecule has 0 aliphatic carbocycles. The van der Waals surface area contributed by atoms with Crippen LogP contribution in [-0.4, -0.2) is 30.2 Å². The van der Waals surface area contributed by atoms with Gasteiger partial charge < -0.3 is 16.0 Å². The van der Waals surface area contributed by atoms with Crippen LogP contribution in [0, 0.1) is 5.41 Å². The molecule has 0 aliphatic heterocycles. The number of hydrogen-bond acceptors (Lipinski definition) is 4. The standard InChI is InChI=1S/C12H23NO4S.H3N/c1-6-11(14)13-9(2)7-8-10(12(3,4)5)18(15,16)17;/h6,9-10H,1,7-8H2,2-5H3,(H,13,14)(H,15,16,17);1H3. The summed E-state index contributed by atoms with van der Waals surface area (Å²) >= 11 is 0. The summed E-state index contributed by atoms with van der Waals surface area (Å²) in [7, 11) is -4.34. The van der Waals surface area contributed by atoms with Crippen molar-refractivity contribution in [2.24, 2.45) is 5.41 Å². The van der Waals surface area contributed by atoms with Crippen LogP contribution >= 0.6 is 0 Å². The van der Waals surface area contributed by atoms with Crippen molar-refractivity contribution in [3.63, 3.8) is 0 Å². The fourth-order valence-electron chi connectivity index (χ4n) is 1.79. The molecule has 6 nitrogen and oxygen atoms in total. The van der Waals surface area contributed by atoms with E-state index in [1.165, 1.54) is 0 Å². The number of amides is 1. The SMILES string of the molecule is C=CC(=O)NC(C)CCC(C(C)(C)C)S(=O)(=O)[O-].[NH4+]. The largest absolute Gasteiger partial charge is 0.748 e. The maximum absolute atomic E-state index is 11.2. The maximum Gasteiger partial charge on any atom is 0.243 e. The molecule has 1 amide bonds. The van der Waals surface area contributed by atoms with Crippen LogP contribution in [0.3, 0.4) is 0 Å². The fourth-order valence-corrected chi connectivity index (χ4v) is 3.08. The molecule has 114 valence electrons. The number of carbonyl (C=O) groups excluding carboxylic acids is 1. The lowest BCUT2D eigenvalue weighted by molar-refractivity contribution is -0.117. The van der Waals surface area contributed by atoms with E-state index in [1.54, 1.807) is 27.7 Å². The lowest BCUT2D eigenvalue weighted by atomic mass is 9.88. The van der Waals surface area contributed by atoms with Gasteiger partial charge in [0.05, 0.1) is 15.4 Å². The van der Waals surface area contributed by atoms with Gasteiger partial charge in [-0.05, 0) is 31.3 Å². The van der Waals surface area contributed by atoms with E-state index >= 15 is 0 Å². The van der Waals surface area contributed by atoms with E-state index in [0.29, 0.717) is 6.42 Å². The average Bonchev–Trinajstić information content (AvgIpc) is 2.13. The Labute approximate surface area is 116 Å². The molecule has 0 aliphatic rings. The molecule has 0 heterocycles. The second-order valence-corrected chi connectivity index (χ2v) is 7.09. The van der Waals surface area contributed by atoms with Crippen molar-refractivity contribution < 1.29 is 17.8 Å². The number of quaternary nitrogens is 1. The zero-order valence-corrected chi connectivity index (χ0v) is 13.2. The number of carbonyl (C=O) groups is 1. The third kappa shape index (κ3) is 7.97. The molecule has 0 aromatic heterocycles. The third-order valence-electron chi connectivity index (χ3n) is 2.75. The minimum absolute atomic E-state index is 0. The van der Waals surface area contributed by atoms with Crippen molar-refractivity contribution >= 4 is 16.0 Å². The van der Waals surface area contributed by atoms with Crippen molar-refractivity contribution in [2.75, 3.05) is 0 Å². The lowest BCUT2D eigenvalue weighted by Gasteiger charge is -2.33. The van der Waals surface area contributed by atoms with Gasteiger partial charge in [0.25, 0.3) is 0 Å². The Morgan fingerprint density at radius 2 is 1.84 bits per heavy atom. The lowest BCUT2D eigenvalue weighted by Crippen LogP contribution is -2.37. The Hall–Kier alpha value is -0.920. The number of hydrogen-bond donors (Lipinski definition) is 2. The molecule has 0 aromatic rings. The molecule has 0 spiro atoms. The Kier molecular flexibility index (Phi) is 8.18. The van der Waals surface area contributed by atoms with E-state index in [0.717, 1.165) is 6.08 Å². The van der Waals surface area contributed by atoms with Crippen LogP contribution in [0.15, 0.2) is 12.7 Å². The second-order valence-electron chi connectivity index (χ2n) is 5.54. The van der Waals surface area contributed by atoms with E-state index in [2.05, 4.69) is 11.9 Å². The zero-order chi connectivity index (χ0) is 14.6. The molecule has 2 atom stereocenters. The molecule has 2 unspecified atom stereocenters. The molecule has 0 bridgehead atoms. The van der Waals surface area contributed by atoms with E-state index in [-0.39, 0.29) is 24.5 Å². The minimum atomic E-state index is -4.34. The van der Waals surface area contributed by atoms with Gasteiger partial charge in [0.1, 0.15) is 0 Å². The Morgan fingerprint density at radius 1 is 1.37 bits per heavy atom. The summed E-state index contributed by atoms with van der Waals surface area (Å²) in [6.45, 7) is 10.3. The first-order chi connectivity index (χ1) is 7.98. The van der Waals surface area contributed by atoms with Crippen molar-refractivity contribution in [2.45, 2.75) is 51.8 Å². The molecule has 0 saturated heterocycles. The molecule has 0 fully saturated rings. The Morgan fingerprint density at radius 3 is 2.16 bits per heavy atom. The highest BCUT2D eigenvalue weighted by Crippen LogP contribution is 2.29. The van der Waals surface area contributed by atoms with Gasteiger partial charge >= 0.3 is 0 Å². The van der Waals surface area contributed by atoms with Gasteiger partial charge in [0.2, 0.25) is 5.91 Å². The molecule has 7 heteroatoms. The first kappa shape index (κ1) is 20.4. The number of nitrogens with one attached hydrogen (secondary N) is 1. The molecule has 5 N–H and O–H groups in total. The van der Waals surface area contributed by atoms with E-state index in [4.69, 9.17) is 0 Å². The van der Waals surface area contributed by atoms with Crippen LogP contribution in [-0.2, 0) is 14.9 Å². The average molecular weight is 294 g/mol. The highest BCUT2D eigenvalue weighted by molar-refractivity contribution is 7.86. The Bertz CT molecular complexity index is 398. The topological polar surface area (TPSA) is 123 Å². The van der Waals surface area contributed by atoms with Crippen LogP contribution in [0.25, 0.3) is 0 Å². The first-order valence-corrected chi connectivity index (χ1v) is 7.33. The van der Waals surface area contributed by atoms with E-state index < -0.39 is 20.8 Å². The van der Waals surface area contributed by atoms with Crippen molar-refractivity contribution in [1.82, 2.24) is 11.5 Å². The predicted octanol–water partition coefficient (Wildman–Crippen LogP) is 1.79. The molecule has 19 heavy (non-hydrogen) atoms. The third-order valence-corrected chi connectivity index (χ3v) is 4.39. The Balaban J connectivity index is 0. The van der Waals surface area contributed by atoms with Crippen LogP contribution in [0.2, 0.25) is 0 Å².